The minimum Gasteiger partial charge on any atom is -0.492 e. The summed E-state index contributed by atoms with van der Waals surface area (Å²) in [5.41, 5.74) is 3.97. The van der Waals surface area contributed by atoms with Crippen LogP contribution in [0.15, 0.2) is 60.0 Å². The molecule has 0 saturated carbocycles. The van der Waals surface area contributed by atoms with Crippen molar-refractivity contribution in [2.75, 3.05) is 28.4 Å². The van der Waals surface area contributed by atoms with Gasteiger partial charge in [-0.25, -0.2) is 0 Å². The van der Waals surface area contributed by atoms with Crippen molar-refractivity contribution in [1.82, 2.24) is 0 Å². The Kier molecular flexibility index (Phi) is 4.47. The highest BCUT2D eigenvalue weighted by Crippen LogP contribution is 2.41. The monoisotopic (exact) mass is 324 g/mol. The highest BCUT2D eigenvalue weighted by atomic mass is 16.5. The van der Waals surface area contributed by atoms with Gasteiger partial charge in [-0.05, 0) is 11.1 Å². The van der Waals surface area contributed by atoms with Crippen molar-refractivity contribution in [3.8, 4) is 11.1 Å². The molecule has 2 aromatic rings. The highest BCUT2D eigenvalue weighted by molar-refractivity contribution is 5.90. The molecular weight excluding hydrogens is 304 g/mol. The van der Waals surface area contributed by atoms with Crippen molar-refractivity contribution in [1.29, 1.82) is 0 Å². The van der Waals surface area contributed by atoms with Gasteiger partial charge in [-0.1, -0.05) is 48.5 Å². The van der Waals surface area contributed by atoms with Gasteiger partial charge < -0.3 is 18.9 Å². The zero-order valence-electron chi connectivity index (χ0n) is 14.3. The number of hydrogen-bond acceptors (Lipinski definition) is 4. The van der Waals surface area contributed by atoms with Crippen LogP contribution in [0.1, 0.15) is 11.1 Å². The molecule has 0 aromatic heterocycles. The van der Waals surface area contributed by atoms with E-state index in [1.165, 1.54) is 0 Å². The predicted molar refractivity (Wildman–Crippen MR) is 93.8 cm³/mol. The lowest BCUT2D eigenvalue weighted by molar-refractivity contribution is 0.200. The molecule has 0 atom stereocenters. The first-order chi connectivity index (χ1) is 11.8. The molecule has 0 spiro atoms. The van der Waals surface area contributed by atoms with Crippen LogP contribution in [0.5, 0.6) is 0 Å². The largest absolute Gasteiger partial charge is 0.492 e. The lowest BCUT2D eigenvalue weighted by atomic mass is 9.91. The Morgan fingerprint density at radius 2 is 0.708 bits per heavy atom. The Labute approximate surface area is 141 Å². The molecule has 3 rings (SSSR count). The average molecular weight is 324 g/mol. The lowest BCUT2D eigenvalue weighted by Gasteiger charge is -2.24. The molecule has 0 amide bonds. The molecule has 24 heavy (non-hydrogen) atoms. The topological polar surface area (TPSA) is 36.9 Å². The number of fused-ring (bicyclic) bond motifs is 3. The number of hydrogen-bond donors (Lipinski definition) is 0. The van der Waals surface area contributed by atoms with Crippen LogP contribution in [-0.2, 0) is 18.9 Å². The van der Waals surface area contributed by atoms with E-state index in [0.29, 0.717) is 23.0 Å². The Bertz CT molecular complexity index is 748. The second-order valence-corrected chi connectivity index (χ2v) is 5.22. The molecule has 124 valence electrons. The molecule has 1 aliphatic carbocycles. The third-order valence-corrected chi connectivity index (χ3v) is 4.07. The molecule has 0 bridgehead atoms. The fraction of sp³-hybridized carbons (Fsp3) is 0.200. The van der Waals surface area contributed by atoms with Crippen molar-refractivity contribution in [2.45, 2.75) is 0 Å². The van der Waals surface area contributed by atoms with E-state index in [9.17, 15) is 0 Å². The molecule has 4 heteroatoms. The SMILES string of the molecule is COC1=C(OC)c2ccccc2-c2ccccc2C(OC)=C1OC. The summed E-state index contributed by atoms with van der Waals surface area (Å²) in [6.07, 6.45) is 0. The summed E-state index contributed by atoms with van der Waals surface area (Å²) in [7, 11) is 6.43. The minimum atomic E-state index is 0.499. The van der Waals surface area contributed by atoms with E-state index in [4.69, 9.17) is 18.9 Å². The number of rotatable bonds is 4. The second kappa shape index (κ2) is 6.71. The summed E-state index contributed by atoms with van der Waals surface area (Å²) < 4.78 is 22.6. The first-order valence-corrected chi connectivity index (χ1v) is 7.60. The third-order valence-electron chi connectivity index (χ3n) is 4.07. The summed E-state index contributed by atoms with van der Waals surface area (Å²) in [6.45, 7) is 0. The molecule has 0 N–H and O–H groups in total. The van der Waals surface area contributed by atoms with E-state index in [0.717, 1.165) is 22.3 Å². The molecule has 4 nitrogen and oxygen atoms in total. The molecule has 0 saturated heterocycles. The van der Waals surface area contributed by atoms with Gasteiger partial charge in [0.05, 0.1) is 28.4 Å². The first kappa shape index (κ1) is 16.0. The Balaban J connectivity index is 2.49. The third kappa shape index (κ3) is 2.40. The van der Waals surface area contributed by atoms with E-state index >= 15 is 0 Å². The summed E-state index contributed by atoms with van der Waals surface area (Å²) in [5.74, 6) is 2.21. The Hall–Kier alpha value is -2.88. The van der Waals surface area contributed by atoms with Gasteiger partial charge in [0.15, 0.2) is 11.5 Å². The maximum Gasteiger partial charge on any atom is 0.207 e. The van der Waals surface area contributed by atoms with Crippen LogP contribution in [0, 0.1) is 0 Å². The van der Waals surface area contributed by atoms with E-state index in [2.05, 4.69) is 12.1 Å². The van der Waals surface area contributed by atoms with Crippen molar-refractivity contribution in [3.05, 3.63) is 71.2 Å². The van der Waals surface area contributed by atoms with Crippen LogP contribution in [0.25, 0.3) is 22.6 Å². The number of benzene rings is 2. The van der Waals surface area contributed by atoms with Gasteiger partial charge in [0, 0.05) is 11.1 Å². The summed E-state index contributed by atoms with van der Waals surface area (Å²) >= 11 is 0. The Morgan fingerprint density at radius 1 is 0.417 bits per heavy atom. The molecule has 1 aliphatic rings. The maximum atomic E-state index is 5.68. The molecule has 0 fully saturated rings. The van der Waals surface area contributed by atoms with Gasteiger partial charge in [-0.15, -0.1) is 0 Å². The van der Waals surface area contributed by atoms with Crippen LogP contribution >= 0.6 is 0 Å². The van der Waals surface area contributed by atoms with Crippen LogP contribution < -0.4 is 0 Å². The van der Waals surface area contributed by atoms with E-state index in [-0.39, 0.29) is 0 Å². The quantitative estimate of drug-likeness (QED) is 0.841. The molecule has 0 radical (unpaired) electrons. The van der Waals surface area contributed by atoms with Gasteiger partial charge in [0.2, 0.25) is 11.5 Å². The van der Waals surface area contributed by atoms with Gasteiger partial charge in [0.25, 0.3) is 0 Å². The zero-order valence-corrected chi connectivity index (χ0v) is 14.3. The standard InChI is InChI=1S/C20H20O4/c1-21-17-15-11-7-5-9-13(15)14-10-6-8-12-16(14)18(22-2)20(24-4)19(17)23-3/h5-12H,1-4H3. The van der Waals surface area contributed by atoms with E-state index < -0.39 is 0 Å². The molecule has 0 aliphatic heterocycles. The van der Waals surface area contributed by atoms with Crippen molar-refractivity contribution in [3.63, 3.8) is 0 Å². The highest BCUT2D eigenvalue weighted by Gasteiger charge is 2.28. The van der Waals surface area contributed by atoms with Gasteiger partial charge in [-0.3, -0.25) is 0 Å². The van der Waals surface area contributed by atoms with Crippen LogP contribution in [0.4, 0.5) is 0 Å². The predicted octanol–water partition coefficient (Wildman–Crippen LogP) is 4.29. The van der Waals surface area contributed by atoms with E-state index in [1.807, 2.05) is 36.4 Å². The van der Waals surface area contributed by atoms with Gasteiger partial charge in [0.1, 0.15) is 0 Å². The fourth-order valence-electron chi connectivity index (χ4n) is 3.06. The van der Waals surface area contributed by atoms with Crippen molar-refractivity contribution < 1.29 is 18.9 Å². The maximum absolute atomic E-state index is 5.68. The normalized spacial score (nSPS) is 13.5. The smallest absolute Gasteiger partial charge is 0.207 e. The molecule has 2 aromatic carbocycles. The second-order valence-electron chi connectivity index (χ2n) is 5.22. The Morgan fingerprint density at radius 3 is 1.00 bits per heavy atom. The van der Waals surface area contributed by atoms with Crippen molar-refractivity contribution >= 4 is 11.5 Å². The summed E-state index contributed by atoms with van der Waals surface area (Å²) in [6, 6.07) is 16.1. The van der Waals surface area contributed by atoms with Crippen LogP contribution in [0.2, 0.25) is 0 Å². The molecule has 0 unspecified atom stereocenters. The van der Waals surface area contributed by atoms with Crippen LogP contribution in [0.3, 0.4) is 0 Å². The lowest BCUT2D eigenvalue weighted by Crippen LogP contribution is -2.10. The fourth-order valence-corrected chi connectivity index (χ4v) is 3.06. The number of methoxy groups -OCH3 is 4. The minimum absolute atomic E-state index is 0.499. The number of ether oxygens (including phenoxy) is 4. The zero-order chi connectivity index (χ0) is 17.1. The molecular formula is C20H20O4. The van der Waals surface area contributed by atoms with Crippen molar-refractivity contribution in [2.24, 2.45) is 0 Å². The van der Waals surface area contributed by atoms with Gasteiger partial charge in [-0.2, -0.15) is 0 Å². The first-order valence-electron chi connectivity index (χ1n) is 7.60. The molecule has 0 heterocycles. The van der Waals surface area contributed by atoms with Gasteiger partial charge >= 0.3 is 0 Å². The summed E-state index contributed by atoms with van der Waals surface area (Å²) in [4.78, 5) is 0. The summed E-state index contributed by atoms with van der Waals surface area (Å²) in [5, 5.41) is 0. The van der Waals surface area contributed by atoms with E-state index in [1.54, 1.807) is 28.4 Å². The van der Waals surface area contributed by atoms with Crippen LogP contribution in [-0.4, -0.2) is 28.4 Å². The average Bonchev–Trinajstić information content (AvgIpc) is 2.63.